The highest BCUT2D eigenvalue weighted by Gasteiger charge is 2.48. The number of likely N-dealkylation sites (tertiary alicyclic amines) is 1. The summed E-state index contributed by atoms with van der Waals surface area (Å²) in [6.45, 7) is 12.2. The van der Waals surface area contributed by atoms with Gasteiger partial charge in [-0.15, -0.1) is 0 Å². The number of hydrogen-bond donors (Lipinski definition) is 2. The van der Waals surface area contributed by atoms with E-state index in [2.05, 4.69) is 5.32 Å². The van der Waals surface area contributed by atoms with Crippen LogP contribution in [0.1, 0.15) is 67.2 Å². The Kier molecular flexibility index (Phi) is 9.27. The first-order chi connectivity index (χ1) is 13.0. The minimum absolute atomic E-state index is 0.0114. The molecule has 1 rings (SSSR count). The molecule has 1 aliphatic heterocycles. The molecule has 0 aromatic heterocycles. The van der Waals surface area contributed by atoms with Crippen LogP contribution in [-0.2, 0) is 19.2 Å². The Hall–Kier alpha value is -1.76. The predicted molar refractivity (Wildman–Crippen MR) is 108 cm³/mol. The van der Waals surface area contributed by atoms with Crippen LogP contribution in [0.3, 0.4) is 0 Å². The van der Waals surface area contributed by atoms with Crippen molar-refractivity contribution in [1.29, 1.82) is 0 Å². The van der Waals surface area contributed by atoms with Gasteiger partial charge in [0.05, 0.1) is 6.04 Å². The molecule has 0 aromatic rings. The van der Waals surface area contributed by atoms with Crippen molar-refractivity contribution in [2.45, 2.75) is 79.3 Å². The molecule has 7 nitrogen and oxygen atoms in total. The fourth-order valence-electron chi connectivity index (χ4n) is 3.53. The van der Waals surface area contributed by atoms with Gasteiger partial charge in [-0.05, 0) is 37.0 Å². The SMILES string of the molecule is CC(C)CCNC(=O)[C@@H]1C(=O)CC(CC(C)C)C(=O)N1C(=O)[C@@H](N)CC(C)C. The van der Waals surface area contributed by atoms with E-state index in [1.807, 2.05) is 41.5 Å². The van der Waals surface area contributed by atoms with E-state index in [0.717, 1.165) is 11.3 Å². The van der Waals surface area contributed by atoms with Crippen LogP contribution >= 0.6 is 0 Å². The molecule has 28 heavy (non-hydrogen) atoms. The minimum Gasteiger partial charge on any atom is -0.354 e. The fraction of sp³-hybridized carbons (Fsp3) is 0.810. The van der Waals surface area contributed by atoms with Crippen molar-refractivity contribution < 1.29 is 19.2 Å². The zero-order valence-corrected chi connectivity index (χ0v) is 18.2. The molecule has 3 amide bonds. The maximum atomic E-state index is 13.1. The van der Waals surface area contributed by atoms with Gasteiger partial charge >= 0.3 is 0 Å². The summed E-state index contributed by atoms with van der Waals surface area (Å²) in [5.74, 6) is -1.92. The number of rotatable bonds is 9. The Balaban J connectivity index is 3.11. The average molecular weight is 396 g/mol. The minimum atomic E-state index is -1.41. The van der Waals surface area contributed by atoms with Crippen molar-refractivity contribution in [3.8, 4) is 0 Å². The zero-order valence-electron chi connectivity index (χ0n) is 18.2. The molecule has 3 N–H and O–H groups in total. The summed E-state index contributed by atoms with van der Waals surface area (Å²) in [6, 6.07) is -2.32. The Morgan fingerprint density at radius 3 is 2.18 bits per heavy atom. The lowest BCUT2D eigenvalue weighted by Gasteiger charge is -2.37. The van der Waals surface area contributed by atoms with Gasteiger partial charge in [-0.1, -0.05) is 41.5 Å². The predicted octanol–water partition coefficient (Wildman–Crippen LogP) is 1.88. The van der Waals surface area contributed by atoms with E-state index in [-0.39, 0.29) is 18.3 Å². The van der Waals surface area contributed by atoms with E-state index in [1.54, 1.807) is 0 Å². The molecule has 0 aliphatic carbocycles. The number of imide groups is 1. The van der Waals surface area contributed by atoms with Crippen molar-refractivity contribution in [3.63, 3.8) is 0 Å². The monoisotopic (exact) mass is 395 g/mol. The van der Waals surface area contributed by atoms with Crippen molar-refractivity contribution in [2.24, 2.45) is 29.4 Å². The van der Waals surface area contributed by atoms with Gasteiger partial charge in [0.2, 0.25) is 11.8 Å². The maximum Gasteiger partial charge on any atom is 0.251 e. The second-order valence-electron chi connectivity index (χ2n) is 9.16. The third-order valence-electron chi connectivity index (χ3n) is 4.90. The van der Waals surface area contributed by atoms with Crippen LogP contribution in [0.4, 0.5) is 0 Å². The van der Waals surface area contributed by atoms with Crippen LogP contribution in [0, 0.1) is 23.7 Å². The molecule has 160 valence electrons. The average Bonchev–Trinajstić information content (AvgIpc) is 2.55. The highest BCUT2D eigenvalue weighted by molar-refractivity contribution is 6.16. The van der Waals surface area contributed by atoms with Gasteiger partial charge in [0.15, 0.2) is 11.8 Å². The normalized spacial score (nSPS) is 21.6. The largest absolute Gasteiger partial charge is 0.354 e. The van der Waals surface area contributed by atoms with Gasteiger partial charge in [-0.2, -0.15) is 0 Å². The molecule has 1 saturated heterocycles. The highest BCUT2D eigenvalue weighted by Crippen LogP contribution is 2.27. The Morgan fingerprint density at radius 2 is 1.68 bits per heavy atom. The quantitative estimate of drug-likeness (QED) is 0.579. The third-order valence-corrected chi connectivity index (χ3v) is 4.90. The number of carbonyl (C=O) groups excluding carboxylic acids is 4. The van der Waals surface area contributed by atoms with Crippen LogP contribution in [-0.4, -0.2) is 47.0 Å². The number of piperidine rings is 1. The molecule has 0 bridgehead atoms. The van der Waals surface area contributed by atoms with Crippen LogP contribution in [0.25, 0.3) is 0 Å². The lowest BCUT2D eigenvalue weighted by atomic mass is 9.84. The molecule has 1 unspecified atom stereocenters. The molecule has 1 fully saturated rings. The highest BCUT2D eigenvalue weighted by atomic mass is 16.2. The molecule has 0 spiro atoms. The molecular formula is C21H37N3O4. The Morgan fingerprint density at radius 1 is 1.07 bits per heavy atom. The fourth-order valence-corrected chi connectivity index (χ4v) is 3.53. The summed E-state index contributed by atoms with van der Waals surface area (Å²) in [6.07, 6.45) is 1.61. The number of carbonyl (C=O) groups is 4. The van der Waals surface area contributed by atoms with E-state index < -0.39 is 41.5 Å². The molecule has 1 heterocycles. The lowest BCUT2D eigenvalue weighted by Crippen LogP contribution is -2.64. The summed E-state index contributed by atoms with van der Waals surface area (Å²) < 4.78 is 0. The van der Waals surface area contributed by atoms with Crippen LogP contribution in [0.5, 0.6) is 0 Å². The van der Waals surface area contributed by atoms with Gasteiger partial charge in [-0.25, -0.2) is 0 Å². The van der Waals surface area contributed by atoms with Crippen molar-refractivity contribution >= 4 is 23.5 Å². The van der Waals surface area contributed by atoms with E-state index in [4.69, 9.17) is 5.73 Å². The first kappa shape index (κ1) is 24.3. The summed E-state index contributed by atoms with van der Waals surface area (Å²) in [7, 11) is 0. The molecule has 0 radical (unpaired) electrons. The van der Waals surface area contributed by atoms with E-state index in [0.29, 0.717) is 25.3 Å². The van der Waals surface area contributed by atoms with E-state index >= 15 is 0 Å². The Bertz CT molecular complexity index is 570. The molecule has 3 atom stereocenters. The second-order valence-corrected chi connectivity index (χ2v) is 9.16. The van der Waals surface area contributed by atoms with Gasteiger partial charge in [-0.3, -0.25) is 24.1 Å². The first-order valence-corrected chi connectivity index (χ1v) is 10.4. The van der Waals surface area contributed by atoms with Gasteiger partial charge in [0.1, 0.15) is 0 Å². The summed E-state index contributed by atoms with van der Waals surface area (Å²) in [4.78, 5) is 52.4. The number of Topliss-reactive ketones (excluding diaryl/α,β-unsaturated/α-hetero) is 1. The number of hydrogen-bond acceptors (Lipinski definition) is 5. The van der Waals surface area contributed by atoms with Crippen LogP contribution in [0.2, 0.25) is 0 Å². The van der Waals surface area contributed by atoms with Gasteiger partial charge in [0.25, 0.3) is 5.91 Å². The van der Waals surface area contributed by atoms with Crippen LogP contribution < -0.4 is 11.1 Å². The van der Waals surface area contributed by atoms with Crippen molar-refractivity contribution in [3.05, 3.63) is 0 Å². The number of ketones is 1. The smallest absolute Gasteiger partial charge is 0.251 e. The number of nitrogens with zero attached hydrogens (tertiary/aromatic N) is 1. The van der Waals surface area contributed by atoms with Crippen molar-refractivity contribution in [1.82, 2.24) is 10.2 Å². The molecular weight excluding hydrogens is 358 g/mol. The number of nitrogens with one attached hydrogen (secondary N) is 1. The summed E-state index contributed by atoms with van der Waals surface area (Å²) in [5, 5.41) is 2.71. The van der Waals surface area contributed by atoms with Gasteiger partial charge in [0, 0.05) is 18.9 Å². The van der Waals surface area contributed by atoms with Gasteiger partial charge < -0.3 is 11.1 Å². The molecule has 0 saturated carbocycles. The Labute approximate surface area is 168 Å². The first-order valence-electron chi connectivity index (χ1n) is 10.4. The zero-order chi connectivity index (χ0) is 21.6. The molecule has 7 heteroatoms. The lowest BCUT2D eigenvalue weighted by molar-refractivity contribution is -0.163. The summed E-state index contributed by atoms with van der Waals surface area (Å²) >= 11 is 0. The number of amides is 3. The standard InChI is InChI=1S/C21H37N3O4/c1-12(2)7-8-23-19(26)18-17(25)11-15(9-13(3)4)20(27)24(18)21(28)16(22)10-14(5)6/h12-16,18H,7-11,22H2,1-6H3,(H,23,26)/t15?,16-,18-/m0/s1. The maximum absolute atomic E-state index is 13.1. The summed E-state index contributed by atoms with van der Waals surface area (Å²) in [5.41, 5.74) is 6.02. The van der Waals surface area contributed by atoms with Crippen LogP contribution in [0.15, 0.2) is 0 Å². The van der Waals surface area contributed by atoms with Crippen molar-refractivity contribution in [2.75, 3.05) is 6.54 Å². The molecule has 1 aliphatic rings. The number of nitrogens with two attached hydrogens (primary N) is 1. The van der Waals surface area contributed by atoms with E-state index in [1.165, 1.54) is 0 Å². The third kappa shape index (κ3) is 6.69. The second kappa shape index (κ2) is 10.7. The molecule has 0 aromatic carbocycles. The van der Waals surface area contributed by atoms with E-state index in [9.17, 15) is 19.2 Å². The topological polar surface area (TPSA) is 110 Å².